The van der Waals surface area contributed by atoms with E-state index in [9.17, 15) is 0 Å². The fraction of sp³-hybridized carbons (Fsp3) is 0.895. The van der Waals surface area contributed by atoms with Crippen LogP contribution in [0.2, 0.25) is 0 Å². The lowest BCUT2D eigenvalue weighted by Crippen LogP contribution is -2.54. The molecule has 6 atom stereocenters. The number of allylic oxidation sites excluding steroid dienone is 2. The van der Waals surface area contributed by atoms with E-state index in [1.54, 1.807) is 0 Å². The van der Waals surface area contributed by atoms with Crippen LogP contribution in [0, 0.1) is 34.5 Å². The first kappa shape index (κ1) is 13.7. The summed E-state index contributed by atoms with van der Waals surface area (Å²) in [4.78, 5) is 0. The summed E-state index contributed by atoms with van der Waals surface area (Å²) in [6.45, 7) is 2.54. The summed E-state index contributed by atoms with van der Waals surface area (Å²) >= 11 is 4.90. The normalized spacial score (nSPS) is 54.1. The van der Waals surface area contributed by atoms with Crippen LogP contribution >= 0.6 is 12.6 Å². The van der Waals surface area contributed by atoms with E-state index in [4.69, 9.17) is 12.6 Å². The van der Waals surface area contributed by atoms with Gasteiger partial charge in [-0.1, -0.05) is 31.9 Å². The summed E-state index contributed by atoms with van der Waals surface area (Å²) in [7, 11) is 0. The molecule has 4 rings (SSSR count). The first-order chi connectivity index (χ1) is 9.70. The molecule has 20 heavy (non-hydrogen) atoms. The van der Waals surface area contributed by atoms with Gasteiger partial charge in [0, 0.05) is 0 Å². The van der Waals surface area contributed by atoms with Crippen LogP contribution in [0.25, 0.3) is 0 Å². The minimum atomic E-state index is 0.542. The highest BCUT2D eigenvalue weighted by Crippen LogP contribution is 2.65. The van der Waals surface area contributed by atoms with Gasteiger partial charge in [-0.15, -0.1) is 0 Å². The molecule has 0 aliphatic heterocycles. The minimum Gasteiger partial charge on any atom is -0.179 e. The summed E-state index contributed by atoms with van der Waals surface area (Å²) in [6.07, 6.45) is 18.3. The third-order valence-corrected chi connectivity index (χ3v) is 8.49. The van der Waals surface area contributed by atoms with Crippen molar-refractivity contribution in [2.24, 2.45) is 34.5 Å². The van der Waals surface area contributed by atoms with Gasteiger partial charge in [0.05, 0.1) is 0 Å². The number of hydrogen-bond donors (Lipinski definition) is 1. The summed E-state index contributed by atoms with van der Waals surface area (Å²) in [5, 5.41) is 0. The van der Waals surface area contributed by atoms with Gasteiger partial charge in [0.2, 0.25) is 0 Å². The van der Waals surface area contributed by atoms with E-state index < -0.39 is 0 Å². The first-order valence-electron chi connectivity index (χ1n) is 8.98. The van der Waals surface area contributed by atoms with Crippen LogP contribution in [0.1, 0.15) is 64.7 Å². The largest absolute Gasteiger partial charge is 0.179 e. The maximum absolute atomic E-state index is 4.90. The predicted octanol–water partition coefficient (Wildman–Crippen LogP) is 5.50. The van der Waals surface area contributed by atoms with E-state index >= 15 is 0 Å². The molecule has 0 aromatic carbocycles. The van der Waals surface area contributed by atoms with Crippen LogP contribution in [0.15, 0.2) is 12.2 Å². The van der Waals surface area contributed by atoms with Crippen molar-refractivity contribution >= 4 is 12.6 Å². The summed E-state index contributed by atoms with van der Waals surface area (Å²) in [6, 6.07) is 0. The molecule has 0 bridgehead atoms. The second-order valence-electron chi connectivity index (χ2n) is 8.47. The Balaban J connectivity index is 1.67. The van der Waals surface area contributed by atoms with Gasteiger partial charge in [0.1, 0.15) is 0 Å². The Kier molecular flexibility index (Phi) is 3.29. The van der Waals surface area contributed by atoms with Crippen molar-refractivity contribution in [3.8, 4) is 0 Å². The topological polar surface area (TPSA) is 0 Å². The number of fused-ring (bicyclic) bond motifs is 5. The Bertz CT molecular complexity index is 414. The molecule has 0 aromatic rings. The molecule has 4 aliphatic carbocycles. The highest BCUT2D eigenvalue weighted by atomic mass is 32.1. The Hall–Kier alpha value is 0.0900. The fourth-order valence-corrected chi connectivity index (χ4v) is 7.51. The van der Waals surface area contributed by atoms with Crippen molar-refractivity contribution in [1.29, 1.82) is 0 Å². The molecule has 0 radical (unpaired) electrons. The average Bonchev–Trinajstić information content (AvgIpc) is 2.88. The van der Waals surface area contributed by atoms with Crippen molar-refractivity contribution in [2.45, 2.75) is 64.7 Å². The first-order valence-corrected chi connectivity index (χ1v) is 9.61. The van der Waals surface area contributed by atoms with E-state index in [2.05, 4.69) is 19.1 Å². The molecule has 0 aromatic heterocycles. The fourth-order valence-electron chi connectivity index (χ4n) is 6.86. The Morgan fingerprint density at radius 3 is 2.80 bits per heavy atom. The van der Waals surface area contributed by atoms with Crippen LogP contribution in [0.4, 0.5) is 0 Å². The van der Waals surface area contributed by atoms with Gasteiger partial charge < -0.3 is 0 Å². The Labute approximate surface area is 130 Å². The van der Waals surface area contributed by atoms with Crippen molar-refractivity contribution in [3.05, 3.63) is 12.2 Å². The smallest absolute Gasteiger partial charge is 0.00357 e. The maximum Gasteiger partial charge on any atom is -0.00357 e. The molecule has 0 saturated heterocycles. The van der Waals surface area contributed by atoms with Crippen molar-refractivity contribution in [3.63, 3.8) is 0 Å². The van der Waals surface area contributed by atoms with E-state index in [1.165, 1.54) is 57.8 Å². The number of rotatable bonds is 1. The molecule has 4 aliphatic rings. The molecule has 0 spiro atoms. The van der Waals surface area contributed by atoms with Crippen LogP contribution in [0.3, 0.4) is 0 Å². The zero-order valence-electron chi connectivity index (χ0n) is 13.0. The lowest BCUT2D eigenvalue weighted by Gasteiger charge is -2.60. The molecule has 3 fully saturated rings. The zero-order valence-corrected chi connectivity index (χ0v) is 13.9. The van der Waals surface area contributed by atoms with Crippen molar-refractivity contribution in [2.75, 3.05) is 5.75 Å². The quantitative estimate of drug-likeness (QED) is 0.479. The Morgan fingerprint density at radius 2 is 1.95 bits per heavy atom. The van der Waals surface area contributed by atoms with Crippen LogP contribution in [-0.2, 0) is 0 Å². The van der Waals surface area contributed by atoms with Crippen molar-refractivity contribution < 1.29 is 0 Å². The summed E-state index contributed by atoms with van der Waals surface area (Å²) < 4.78 is 0. The summed E-state index contributed by atoms with van der Waals surface area (Å²) in [5.74, 6) is 5.13. The molecular formula is C19H30S. The minimum absolute atomic E-state index is 0.542. The lowest BCUT2D eigenvalue weighted by molar-refractivity contribution is -0.0939. The Morgan fingerprint density at radius 1 is 1.05 bits per heavy atom. The number of hydrogen-bond acceptors (Lipinski definition) is 1. The monoisotopic (exact) mass is 290 g/mol. The maximum atomic E-state index is 4.90. The third-order valence-electron chi connectivity index (χ3n) is 7.90. The zero-order chi connectivity index (χ0) is 13.8. The SMILES string of the molecule is C[C@@]12C=CC[C@H]1[C@@H]1CCC3CCCC[C@]3(CS)[C@H]1CC2. The average molecular weight is 291 g/mol. The second kappa shape index (κ2) is 4.80. The molecular weight excluding hydrogens is 260 g/mol. The standard InChI is InChI=1S/C19H30S/c1-18-10-4-6-16(18)15-8-7-14-5-2-3-11-19(14,13-20)17(15)9-12-18/h4,10,14-17,20H,2-3,5-9,11-13H2,1H3/t14?,15-,16-,17-,18-,19+/m0/s1. The third kappa shape index (κ3) is 1.74. The van der Waals surface area contributed by atoms with Gasteiger partial charge in [-0.3, -0.25) is 0 Å². The van der Waals surface area contributed by atoms with Crippen LogP contribution < -0.4 is 0 Å². The van der Waals surface area contributed by atoms with Gasteiger partial charge in [0.15, 0.2) is 0 Å². The van der Waals surface area contributed by atoms with Gasteiger partial charge in [-0.05, 0) is 85.2 Å². The highest BCUT2D eigenvalue weighted by molar-refractivity contribution is 7.80. The predicted molar refractivity (Wildman–Crippen MR) is 89.0 cm³/mol. The van der Waals surface area contributed by atoms with E-state index in [0.29, 0.717) is 10.8 Å². The van der Waals surface area contributed by atoms with Gasteiger partial charge in [-0.2, -0.15) is 12.6 Å². The van der Waals surface area contributed by atoms with Crippen LogP contribution in [0.5, 0.6) is 0 Å². The molecule has 0 amide bonds. The van der Waals surface area contributed by atoms with E-state index in [1.807, 2.05) is 0 Å². The molecule has 112 valence electrons. The van der Waals surface area contributed by atoms with Crippen molar-refractivity contribution in [1.82, 2.24) is 0 Å². The molecule has 1 heteroatoms. The van der Waals surface area contributed by atoms with E-state index in [-0.39, 0.29) is 0 Å². The second-order valence-corrected chi connectivity index (χ2v) is 8.79. The summed E-state index contributed by atoms with van der Waals surface area (Å²) in [5.41, 5.74) is 1.16. The number of thiol groups is 1. The van der Waals surface area contributed by atoms with Crippen LogP contribution in [-0.4, -0.2) is 5.75 Å². The molecule has 3 saturated carbocycles. The molecule has 1 unspecified atom stereocenters. The molecule has 0 heterocycles. The van der Waals surface area contributed by atoms with E-state index in [0.717, 1.165) is 29.4 Å². The molecule has 0 N–H and O–H groups in total. The highest BCUT2D eigenvalue weighted by Gasteiger charge is 2.57. The van der Waals surface area contributed by atoms with Gasteiger partial charge in [-0.25, -0.2) is 0 Å². The van der Waals surface area contributed by atoms with Gasteiger partial charge >= 0.3 is 0 Å². The van der Waals surface area contributed by atoms with Gasteiger partial charge in [0.25, 0.3) is 0 Å². The lowest BCUT2D eigenvalue weighted by atomic mass is 9.45. The molecule has 0 nitrogen and oxygen atoms in total.